The van der Waals surface area contributed by atoms with Gasteiger partial charge in [0.2, 0.25) is 0 Å². The highest BCUT2D eigenvalue weighted by Crippen LogP contribution is 2.23. The van der Waals surface area contributed by atoms with Gasteiger partial charge in [-0.15, -0.1) is 10.2 Å². The van der Waals surface area contributed by atoms with Crippen molar-refractivity contribution in [2.45, 2.75) is 19.6 Å². The van der Waals surface area contributed by atoms with Crippen molar-refractivity contribution in [2.24, 2.45) is 0 Å². The molecule has 0 saturated heterocycles. The van der Waals surface area contributed by atoms with E-state index in [1.54, 1.807) is 12.5 Å². The van der Waals surface area contributed by atoms with Crippen molar-refractivity contribution in [3.63, 3.8) is 0 Å². The maximum Gasteiger partial charge on any atom is 0.152 e. The first kappa shape index (κ1) is 12.4. The molecule has 3 heterocycles. The van der Waals surface area contributed by atoms with Gasteiger partial charge in [0, 0.05) is 25.8 Å². The van der Waals surface area contributed by atoms with Crippen LogP contribution in [0.2, 0.25) is 5.02 Å². The highest BCUT2D eigenvalue weighted by molar-refractivity contribution is 6.31. The van der Waals surface area contributed by atoms with Gasteiger partial charge in [-0.2, -0.15) is 0 Å². The molecule has 1 aliphatic rings. The average Bonchev–Trinajstić information content (AvgIpc) is 2.89. The second-order valence-corrected chi connectivity index (χ2v) is 4.93. The average molecular weight is 279 g/mol. The lowest BCUT2D eigenvalue weighted by Gasteiger charge is -2.28. The van der Waals surface area contributed by atoms with Crippen LogP contribution in [-0.2, 0) is 19.6 Å². The molecule has 0 spiro atoms. The van der Waals surface area contributed by atoms with E-state index in [-0.39, 0.29) is 0 Å². The molecule has 0 bridgehead atoms. The fourth-order valence-corrected chi connectivity index (χ4v) is 2.40. The van der Waals surface area contributed by atoms with Crippen molar-refractivity contribution in [1.82, 2.24) is 25.1 Å². The number of aromatic nitrogens is 4. The standard InChI is InChI=1S/C12H15ClN6/c1-14-5-9-4-11(15-6-10(9)13)18-2-3-19-8-16-17-12(19)7-18/h4,6,8,14H,2-3,5,7H2,1H3. The molecule has 0 radical (unpaired) electrons. The summed E-state index contributed by atoms with van der Waals surface area (Å²) in [6, 6.07) is 2.03. The fraction of sp³-hybridized carbons (Fsp3) is 0.417. The molecule has 0 saturated carbocycles. The quantitative estimate of drug-likeness (QED) is 0.910. The van der Waals surface area contributed by atoms with E-state index < -0.39 is 0 Å². The SMILES string of the molecule is CNCc1cc(N2CCn3cnnc3C2)ncc1Cl. The van der Waals surface area contributed by atoms with Gasteiger partial charge < -0.3 is 14.8 Å². The second-order valence-electron chi connectivity index (χ2n) is 4.53. The predicted molar refractivity (Wildman–Crippen MR) is 73.1 cm³/mol. The topological polar surface area (TPSA) is 58.9 Å². The van der Waals surface area contributed by atoms with Crippen LogP contribution in [0.5, 0.6) is 0 Å². The summed E-state index contributed by atoms with van der Waals surface area (Å²) in [6.45, 7) is 3.25. The van der Waals surface area contributed by atoms with Gasteiger partial charge >= 0.3 is 0 Å². The largest absolute Gasteiger partial charge is 0.347 e. The number of hydrogen-bond acceptors (Lipinski definition) is 5. The van der Waals surface area contributed by atoms with Crippen LogP contribution in [0.3, 0.4) is 0 Å². The predicted octanol–water partition coefficient (Wildman–Crippen LogP) is 1.07. The van der Waals surface area contributed by atoms with Gasteiger partial charge in [-0.05, 0) is 18.7 Å². The Morgan fingerprint density at radius 1 is 1.42 bits per heavy atom. The third-order valence-electron chi connectivity index (χ3n) is 3.25. The number of hydrogen-bond donors (Lipinski definition) is 1. The number of fused-ring (bicyclic) bond motifs is 1. The minimum absolute atomic E-state index is 0.693. The first-order valence-corrected chi connectivity index (χ1v) is 6.56. The Kier molecular flexibility index (Phi) is 3.35. The summed E-state index contributed by atoms with van der Waals surface area (Å²) >= 11 is 6.13. The van der Waals surface area contributed by atoms with E-state index in [0.29, 0.717) is 5.02 Å². The van der Waals surface area contributed by atoms with Crippen LogP contribution in [0, 0.1) is 0 Å². The third-order valence-corrected chi connectivity index (χ3v) is 3.59. The van der Waals surface area contributed by atoms with E-state index in [0.717, 1.165) is 43.4 Å². The van der Waals surface area contributed by atoms with Gasteiger partial charge in [0.05, 0.1) is 11.6 Å². The van der Waals surface area contributed by atoms with Gasteiger partial charge in [0.25, 0.3) is 0 Å². The minimum atomic E-state index is 0.693. The summed E-state index contributed by atoms with van der Waals surface area (Å²) in [5, 5.41) is 11.8. The van der Waals surface area contributed by atoms with Crippen LogP contribution >= 0.6 is 11.6 Å². The minimum Gasteiger partial charge on any atom is -0.347 e. The molecule has 3 rings (SSSR count). The monoisotopic (exact) mass is 278 g/mol. The first-order valence-electron chi connectivity index (χ1n) is 6.18. The molecule has 100 valence electrons. The zero-order valence-corrected chi connectivity index (χ0v) is 11.4. The summed E-state index contributed by atoms with van der Waals surface area (Å²) < 4.78 is 2.07. The Bertz CT molecular complexity index is 581. The molecule has 7 heteroatoms. The van der Waals surface area contributed by atoms with E-state index in [1.807, 2.05) is 13.1 Å². The van der Waals surface area contributed by atoms with Crippen LogP contribution in [-0.4, -0.2) is 33.3 Å². The maximum atomic E-state index is 6.13. The fourth-order valence-electron chi connectivity index (χ4n) is 2.23. The number of anilines is 1. The molecule has 2 aromatic heterocycles. The van der Waals surface area contributed by atoms with Crippen molar-refractivity contribution < 1.29 is 0 Å². The summed E-state index contributed by atoms with van der Waals surface area (Å²) in [6.07, 6.45) is 3.48. The smallest absolute Gasteiger partial charge is 0.152 e. The van der Waals surface area contributed by atoms with E-state index in [4.69, 9.17) is 11.6 Å². The molecule has 0 fully saturated rings. The molecule has 0 aromatic carbocycles. The Labute approximate surface area is 116 Å². The van der Waals surface area contributed by atoms with Gasteiger partial charge in [0.15, 0.2) is 5.82 Å². The second kappa shape index (κ2) is 5.14. The lowest BCUT2D eigenvalue weighted by atomic mass is 10.2. The van der Waals surface area contributed by atoms with E-state index in [1.165, 1.54) is 0 Å². The Balaban J connectivity index is 1.85. The zero-order valence-electron chi connectivity index (χ0n) is 10.7. The lowest BCUT2D eigenvalue weighted by molar-refractivity contribution is 0.556. The first-order chi connectivity index (χ1) is 9.28. The molecule has 0 unspecified atom stereocenters. The highest BCUT2D eigenvalue weighted by Gasteiger charge is 2.19. The zero-order chi connectivity index (χ0) is 13.2. The van der Waals surface area contributed by atoms with Crippen LogP contribution in [0.4, 0.5) is 5.82 Å². The van der Waals surface area contributed by atoms with Gasteiger partial charge in [-0.25, -0.2) is 4.98 Å². The van der Waals surface area contributed by atoms with Crippen LogP contribution < -0.4 is 10.2 Å². The number of nitrogens with one attached hydrogen (secondary N) is 1. The van der Waals surface area contributed by atoms with Crippen LogP contribution in [0.15, 0.2) is 18.6 Å². The summed E-state index contributed by atoms with van der Waals surface area (Å²) in [7, 11) is 1.90. The molecule has 0 aliphatic carbocycles. The molecule has 6 nitrogen and oxygen atoms in total. The third kappa shape index (κ3) is 2.41. The van der Waals surface area contributed by atoms with Gasteiger partial charge in [-0.3, -0.25) is 0 Å². The summed E-state index contributed by atoms with van der Waals surface area (Å²) in [5.41, 5.74) is 1.06. The summed E-state index contributed by atoms with van der Waals surface area (Å²) in [5.74, 6) is 1.90. The molecule has 0 atom stereocenters. The van der Waals surface area contributed by atoms with Gasteiger partial charge in [0.1, 0.15) is 12.1 Å². The van der Waals surface area contributed by atoms with Crippen molar-refractivity contribution in [1.29, 1.82) is 0 Å². The van der Waals surface area contributed by atoms with Crippen molar-refractivity contribution in [3.05, 3.63) is 35.0 Å². The van der Waals surface area contributed by atoms with Crippen LogP contribution in [0.1, 0.15) is 11.4 Å². The number of pyridine rings is 1. The summed E-state index contributed by atoms with van der Waals surface area (Å²) in [4.78, 5) is 6.60. The molecule has 1 aliphatic heterocycles. The molecule has 2 aromatic rings. The number of halogens is 1. The molecule has 0 amide bonds. The van der Waals surface area contributed by atoms with Crippen molar-refractivity contribution >= 4 is 17.4 Å². The normalized spacial score (nSPS) is 14.5. The Hall–Kier alpha value is -1.66. The molecular weight excluding hydrogens is 264 g/mol. The number of nitrogens with zero attached hydrogens (tertiary/aromatic N) is 5. The van der Waals surface area contributed by atoms with E-state index >= 15 is 0 Å². The molecular formula is C12H15ClN6. The Morgan fingerprint density at radius 2 is 2.32 bits per heavy atom. The Morgan fingerprint density at radius 3 is 3.16 bits per heavy atom. The highest BCUT2D eigenvalue weighted by atomic mass is 35.5. The maximum absolute atomic E-state index is 6.13. The van der Waals surface area contributed by atoms with Gasteiger partial charge in [-0.1, -0.05) is 11.6 Å². The van der Waals surface area contributed by atoms with E-state index in [2.05, 4.69) is 30.0 Å². The lowest BCUT2D eigenvalue weighted by Crippen LogP contribution is -2.34. The van der Waals surface area contributed by atoms with Crippen molar-refractivity contribution in [3.8, 4) is 0 Å². The van der Waals surface area contributed by atoms with Crippen molar-refractivity contribution in [2.75, 3.05) is 18.5 Å². The van der Waals surface area contributed by atoms with Crippen LogP contribution in [0.25, 0.3) is 0 Å². The number of rotatable bonds is 3. The van der Waals surface area contributed by atoms with E-state index in [9.17, 15) is 0 Å². The molecule has 1 N–H and O–H groups in total. The molecule has 19 heavy (non-hydrogen) atoms.